The summed E-state index contributed by atoms with van der Waals surface area (Å²) in [5.74, 6) is -0.187. The van der Waals surface area contributed by atoms with E-state index in [-0.39, 0.29) is 17.9 Å². The van der Waals surface area contributed by atoms with Crippen LogP contribution >= 0.6 is 0 Å². The van der Waals surface area contributed by atoms with Crippen LogP contribution in [-0.4, -0.2) is 23.0 Å². The molecule has 2 heterocycles. The Morgan fingerprint density at radius 2 is 2.10 bits per heavy atom. The van der Waals surface area contributed by atoms with E-state index in [9.17, 15) is 14.4 Å². The Hall–Kier alpha value is -2.83. The Balaban J connectivity index is 2.18. The molecule has 0 atom stereocenters. The summed E-state index contributed by atoms with van der Waals surface area (Å²) in [6.07, 6.45) is 0.265. The number of nitrogens with one attached hydrogen (secondary N) is 2. The molecule has 7 nitrogen and oxygen atoms in total. The monoisotopic (exact) mass is 274 g/mol. The average molecular weight is 274 g/mol. The molecule has 102 valence electrons. The standard InChI is InChI=1S/C13H10N2O5/c1-19-12(17)7-4-2-3-6-5-8-10(16)14-13(18)15-11(8)20-9(6)7/h2-4H,5H2,1H3,(H2,14,15,16,18). The van der Waals surface area contributed by atoms with Crippen molar-refractivity contribution in [2.24, 2.45) is 0 Å². The van der Waals surface area contributed by atoms with Gasteiger partial charge in [0.2, 0.25) is 5.88 Å². The van der Waals surface area contributed by atoms with E-state index >= 15 is 0 Å². The van der Waals surface area contributed by atoms with Gasteiger partial charge in [-0.1, -0.05) is 12.1 Å². The first-order valence-corrected chi connectivity index (χ1v) is 5.83. The third-order valence-electron chi connectivity index (χ3n) is 3.08. The number of rotatable bonds is 1. The van der Waals surface area contributed by atoms with Gasteiger partial charge in [0.15, 0.2) is 0 Å². The Labute approximate surface area is 112 Å². The lowest BCUT2D eigenvalue weighted by Crippen LogP contribution is -2.28. The van der Waals surface area contributed by atoms with Gasteiger partial charge >= 0.3 is 11.7 Å². The molecule has 2 N–H and O–H groups in total. The van der Waals surface area contributed by atoms with Gasteiger partial charge in [0.25, 0.3) is 5.56 Å². The van der Waals surface area contributed by atoms with E-state index in [4.69, 9.17) is 4.74 Å². The smallest absolute Gasteiger partial charge is 0.341 e. The molecule has 0 saturated heterocycles. The van der Waals surface area contributed by atoms with Crippen molar-refractivity contribution >= 4 is 5.97 Å². The zero-order valence-electron chi connectivity index (χ0n) is 10.5. The number of H-pyrrole nitrogens is 2. The number of esters is 1. The van der Waals surface area contributed by atoms with Crippen LogP contribution in [0.3, 0.4) is 0 Å². The van der Waals surface area contributed by atoms with Crippen LogP contribution in [0, 0.1) is 0 Å². The van der Waals surface area contributed by atoms with Gasteiger partial charge in [0.05, 0.1) is 12.7 Å². The summed E-state index contributed by atoms with van der Waals surface area (Å²) in [5.41, 5.74) is 0.0828. The van der Waals surface area contributed by atoms with Gasteiger partial charge < -0.3 is 9.47 Å². The number of hydrogen-bond acceptors (Lipinski definition) is 5. The summed E-state index contributed by atoms with van der Waals surface area (Å²) in [7, 11) is 1.27. The summed E-state index contributed by atoms with van der Waals surface area (Å²) >= 11 is 0. The molecule has 0 spiro atoms. The fraction of sp³-hybridized carbons (Fsp3) is 0.154. The zero-order chi connectivity index (χ0) is 14.3. The number of ether oxygens (including phenoxy) is 2. The van der Waals surface area contributed by atoms with Crippen LogP contribution in [0.25, 0.3) is 0 Å². The van der Waals surface area contributed by atoms with Gasteiger partial charge in [-0.05, 0) is 6.07 Å². The van der Waals surface area contributed by atoms with Crippen molar-refractivity contribution in [2.45, 2.75) is 6.42 Å². The fourth-order valence-electron chi connectivity index (χ4n) is 2.15. The van der Waals surface area contributed by atoms with E-state index in [1.54, 1.807) is 18.2 Å². The van der Waals surface area contributed by atoms with Gasteiger partial charge in [-0.15, -0.1) is 0 Å². The molecule has 0 saturated carbocycles. The molecule has 20 heavy (non-hydrogen) atoms. The van der Waals surface area contributed by atoms with Crippen molar-refractivity contribution in [1.29, 1.82) is 0 Å². The molecule has 0 fully saturated rings. The quantitative estimate of drug-likeness (QED) is 0.631. The molecule has 0 radical (unpaired) electrons. The van der Waals surface area contributed by atoms with Crippen LogP contribution < -0.4 is 16.0 Å². The van der Waals surface area contributed by atoms with Crippen LogP contribution in [0.2, 0.25) is 0 Å². The third kappa shape index (κ3) is 1.80. The highest BCUT2D eigenvalue weighted by atomic mass is 16.5. The minimum absolute atomic E-state index is 0.0580. The lowest BCUT2D eigenvalue weighted by atomic mass is 10.0. The predicted octanol–water partition coefficient (Wildman–Crippen LogP) is 0.546. The highest BCUT2D eigenvalue weighted by molar-refractivity contribution is 5.93. The van der Waals surface area contributed by atoms with Crippen LogP contribution in [0.15, 0.2) is 27.8 Å². The van der Waals surface area contributed by atoms with E-state index in [2.05, 4.69) is 14.7 Å². The molecule has 2 aromatic rings. The van der Waals surface area contributed by atoms with Crippen molar-refractivity contribution in [3.05, 3.63) is 55.7 Å². The molecular formula is C13H10N2O5. The number of carbonyl (C=O) groups is 1. The minimum Gasteiger partial charge on any atom is -0.465 e. The Morgan fingerprint density at radius 1 is 1.30 bits per heavy atom. The van der Waals surface area contributed by atoms with Crippen molar-refractivity contribution in [1.82, 2.24) is 9.97 Å². The first kappa shape index (κ1) is 12.2. The number of para-hydroxylation sites is 1. The molecule has 1 aromatic carbocycles. The Morgan fingerprint density at radius 3 is 2.85 bits per heavy atom. The number of carbonyl (C=O) groups excluding carboxylic acids is 1. The van der Waals surface area contributed by atoms with E-state index in [0.29, 0.717) is 16.9 Å². The van der Waals surface area contributed by atoms with Crippen molar-refractivity contribution in [3.63, 3.8) is 0 Å². The summed E-state index contributed by atoms with van der Waals surface area (Å²) in [6, 6.07) is 4.98. The topological polar surface area (TPSA) is 101 Å². The minimum atomic E-state index is -0.659. The maximum atomic E-state index is 11.7. The Bertz CT molecular complexity index is 818. The molecule has 7 heteroatoms. The normalized spacial score (nSPS) is 12.1. The lowest BCUT2D eigenvalue weighted by molar-refractivity contribution is 0.0597. The molecule has 0 bridgehead atoms. The maximum absolute atomic E-state index is 11.7. The summed E-state index contributed by atoms with van der Waals surface area (Å²) in [6.45, 7) is 0. The maximum Gasteiger partial charge on any atom is 0.341 e. The molecule has 1 aromatic heterocycles. The average Bonchev–Trinajstić information content (AvgIpc) is 2.44. The molecule has 0 aliphatic carbocycles. The molecule has 1 aliphatic heterocycles. The van der Waals surface area contributed by atoms with Crippen molar-refractivity contribution < 1.29 is 14.3 Å². The zero-order valence-corrected chi connectivity index (χ0v) is 10.5. The Kier molecular flexibility index (Phi) is 2.67. The predicted molar refractivity (Wildman–Crippen MR) is 68.3 cm³/mol. The molecular weight excluding hydrogens is 264 g/mol. The molecule has 0 unspecified atom stereocenters. The van der Waals surface area contributed by atoms with E-state index in [1.165, 1.54) is 7.11 Å². The number of aromatic nitrogens is 2. The number of hydrogen-bond donors (Lipinski definition) is 2. The highest BCUT2D eigenvalue weighted by Crippen LogP contribution is 2.35. The second-order valence-electron chi connectivity index (χ2n) is 4.28. The lowest BCUT2D eigenvalue weighted by Gasteiger charge is -2.20. The summed E-state index contributed by atoms with van der Waals surface area (Å²) < 4.78 is 10.2. The molecule has 3 rings (SSSR count). The van der Waals surface area contributed by atoms with Gasteiger partial charge in [0.1, 0.15) is 11.3 Å². The van der Waals surface area contributed by atoms with Gasteiger partial charge in [0, 0.05) is 12.0 Å². The highest BCUT2D eigenvalue weighted by Gasteiger charge is 2.25. The van der Waals surface area contributed by atoms with Gasteiger partial charge in [-0.3, -0.25) is 14.8 Å². The van der Waals surface area contributed by atoms with Crippen LogP contribution in [-0.2, 0) is 11.2 Å². The fourth-order valence-corrected chi connectivity index (χ4v) is 2.15. The molecule has 1 aliphatic rings. The van der Waals surface area contributed by atoms with Crippen molar-refractivity contribution in [2.75, 3.05) is 7.11 Å². The SMILES string of the molecule is COC(=O)c1cccc2c1Oc1[nH]c(=O)[nH]c(=O)c1C2. The first-order chi connectivity index (χ1) is 9.60. The second kappa shape index (κ2) is 4.37. The number of aromatic amines is 2. The first-order valence-electron chi connectivity index (χ1n) is 5.83. The van der Waals surface area contributed by atoms with Crippen LogP contribution in [0.4, 0.5) is 0 Å². The van der Waals surface area contributed by atoms with Gasteiger partial charge in [-0.2, -0.15) is 0 Å². The number of benzene rings is 1. The van der Waals surface area contributed by atoms with E-state index in [0.717, 1.165) is 0 Å². The third-order valence-corrected chi connectivity index (χ3v) is 3.08. The van der Waals surface area contributed by atoms with Crippen LogP contribution in [0.5, 0.6) is 11.6 Å². The summed E-state index contributed by atoms with van der Waals surface area (Å²) in [5, 5.41) is 0. The van der Waals surface area contributed by atoms with E-state index in [1.807, 2.05) is 0 Å². The number of methoxy groups -OCH3 is 1. The number of fused-ring (bicyclic) bond motifs is 2. The van der Waals surface area contributed by atoms with E-state index < -0.39 is 17.2 Å². The van der Waals surface area contributed by atoms with Crippen molar-refractivity contribution in [3.8, 4) is 11.6 Å². The molecule has 0 amide bonds. The second-order valence-corrected chi connectivity index (χ2v) is 4.28. The largest absolute Gasteiger partial charge is 0.465 e. The van der Waals surface area contributed by atoms with Gasteiger partial charge in [-0.25, -0.2) is 9.59 Å². The van der Waals surface area contributed by atoms with Crippen LogP contribution in [0.1, 0.15) is 21.5 Å². The summed E-state index contributed by atoms with van der Waals surface area (Å²) in [4.78, 5) is 39.2.